The number of anilines is 1. The summed E-state index contributed by atoms with van der Waals surface area (Å²) in [5.41, 5.74) is 3.21. The molecule has 3 aromatic rings. The SMILES string of the molecule is Brc1ccc2[nH]c3c(N4CC[NH+](C5CCCCC5)CC4)ncnc3c2c1. The van der Waals surface area contributed by atoms with Crippen LogP contribution < -0.4 is 9.80 Å². The van der Waals surface area contributed by atoms with Crippen LogP contribution in [0.2, 0.25) is 0 Å². The molecule has 0 spiro atoms. The maximum absolute atomic E-state index is 4.65. The zero-order valence-electron chi connectivity index (χ0n) is 15.0. The summed E-state index contributed by atoms with van der Waals surface area (Å²) in [6.07, 6.45) is 8.84. The summed E-state index contributed by atoms with van der Waals surface area (Å²) in [6, 6.07) is 7.20. The van der Waals surface area contributed by atoms with Gasteiger partial charge in [-0.05, 0) is 43.9 Å². The number of aromatic amines is 1. The van der Waals surface area contributed by atoms with Gasteiger partial charge in [-0.1, -0.05) is 22.4 Å². The molecule has 5 rings (SSSR count). The minimum absolute atomic E-state index is 0.891. The number of benzene rings is 1. The topological polar surface area (TPSA) is 49.2 Å². The number of piperazine rings is 1. The van der Waals surface area contributed by atoms with Crippen LogP contribution in [0.3, 0.4) is 0 Å². The Bertz CT molecular complexity index is 922. The Kier molecular flexibility index (Phi) is 4.33. The van der Waals surface area contributed by atoms with Crippen molar-refractivity contribution in [3.63, 3.8) is 0 Å². The van der Waals surface area contributed by atoms with Crippen LogP contribution in [-0.4, -0.2) is 47.2 Å². The van der Waals surface area contributed by atoms with E-state index < -0.39 is 0 Å². The van der Waals surface area contributed by atoms with Crippen molar-refractivity contribution >= 4 is 43.7 Å². The second-order valence-electron chi connectivity index (χ2n) is 7.72. The molecule has 0 amide bonds. The van der Waals surface area contributed by atoms with Crippen molar-refractivity contribution < 1.29 is 4.90 Å². The number of rotatable bonds is 2. The summed E-state index contributed by atoms with van der Waals surface area (Å²) < 4.78 is 1.08. The quantitative estimate of drug-likeness (QED) is 0.677. The fraction of sp³-hybridized carbons (Fsp3) is 0.500. The van der Waals surface area contributed by atoms with Crippen LogP contribution in [0, 0.1) is 0 Å². The van der Waals surface area contributed by atoms with Gasteiger partial charge >= 0.3 is 0 Å². The van der Waals surface area contributed by atoms with Crippen LogP contribution in [0.15, 0.2) is 29.0 Å². The summed E-state index contributed by atoms with van der Waals surface area (Å²) in [6.45, 7) is 4.61. The van der Waals surface area contributed by atoms with Gasteiger partial charge in [0, 0.05) is 15.4 Å². The van der Waals surface area contributed by atoms with Crippen molar-refractivity contribution in [3.8, 4) is 0 Å². The Morgan fingerprint density at radius 1 is 1.08 bits per heavy atom. The van der Waals surface area contributed by atoms with Crippen LogP contribution in [0.1, 0.15) is 32.1 Å². The lowest BCUT2D eigenvalue weighted by molar-refractivity contribution is -0.927. The van der Waals surface area contributed by atoms with E-state index in [0.717, 1.165) is 51.4 Å². The largest absolute Gasteiger partial charge is 0.350 e. The van der Waals surface area contributed by atoms with Gasteiger partial charge in [-0.15, -0.1) is 0 Å². The number of halogens is 1. The maximum Gasteiger partial charge on any atom is 0.156 e. The average molecular weight is 415 g/mol. The summed E-state index contributed by atoms with van der Waals surface area (Å²) in [7, 11) is 0. The molecule has 2 aromatic heterocycles. The first-order chi connectivity index (χ1) is 12.8. The van der Waals surface area contributed by atoms with E-state index in [1.807, 2.05) is 4.90 Å². The molecule has 1 aliphatic heterocycles. The molecule has 1 aromatic carbocycles. The van der Waals surface area contributed by atoms with Gasteiger partial charge in [0.2, 0.25) is 0 Å². The molecule has 6 heteroatoms. The van der Waals surface area contributed by atoms with Crippen molar-refractivity contribution in [3.05, 3.63) is 29.0 Å². The van der Waals surface area contributed by atoms with Crippen LogP contribution in [0.25, 0.3) is 21.9 Å². The molecule has 2 N–H and O–H groups in total. The highest BCUT2D eigenvalue weighted by atomic mass is 79.9. The third kappa shape index (κ3) is 2.89. The third-order valence-corrected chi connectivity index (χ3v) is 6.70. The molecule has 2 aliphatic rings. The predicted molar refractivity (Wildman–Crippen MR) is 109 cm³/mol. The molecule has 2 fully saturated rings. The highest BCUT2D eigenvalue weighted by Crippen LogP contribution is 2.30. The molecule has 0 bridgehead atoms. The smallest absolute Gasteiger partial charge is 0.156 e. The lowest BCUT2D eigenvalue weighted by Gasteiger charge is -2.38. The Labute approximate surface area is 161 Å². The average Bonchev–Trinajstić information content (AvgIpc) is 3.07. The van der Waals surface area contributed by atoms with Gasteiger partial charge in [-0.3, -0.25) is 0 Å². The van der Waals surface area contributed by atoms with Gasteiger partial charge in [0.15, 0.2) is 5.82 Å². The van der Waals surface area contributed by atoms with Crippen molar-refractivity contribution in [1.82, 2.24) is 15.0 Å². The molecule has 0 radical (unpaired) electrons. The predicted octanol–water partition coefficient (Wildman–Crippen LogP) is 2.91. The minimum Gasteiger partial charge on any atom is -0.350 e. The monoisotopic (exact) mass is 414 g/mol. The Morgan fingerprint density at radius 2 is 1.88 bits per heavy atom. The van der Waals surface area contributed by atoms with Crippen molar-refractivity contribution in [2.45, 2.75) is 38.1 Å². The first-order valence-electron chi connectivity index (χ1n) is 9.81. The van der Waals surface area contributed by atoms with E-state index in [0.29, 0.717) is 0 Å². The van der Waals surface area contributed by atoms with Gasteiger partial charge < -0.3 is 14.8 Å². The Hall–Kier alpha value is -1.66. The van der Waals surface area contributed by atoms with E-state index in [-0.39, 0.29) is 0 Å². The Balaban J connectivity index is 1.42. The third-order valence-electron chi connectivity index (χ3n) is 6.21. The van der Waals surface area contributed by atoms with E-state index in [1.165, 1.54) is 45.2 Å². The summed E-state index contributed by atoms with van der Waals surface area (Å²) in [5.74, 6) is 1.06. The van der Waals surface area contributed by atoms with Crippen LogP contribution in [0.4, 0.5) is 5.82 Å². The van der Waals surface area contributed by atoms with Gasteiger partial charge in [0.05, 0.1) is 32.2 Å². The van der Waals surface area contributed by atoms with Crippen LogP contribution in [0.5, 0.6) is 0 Å². The molecule has 1 saturated heterocycles. The van der Waals surface area contributed by atoms with Crippen molar-refractivity contribution in [2.75, 3.05) is 31.1 Å². The van der Waals surface area contributed by atoms with Crippen molar-refractivity contribution in [2.24, 2.45) is 0 Å². The number of hydrogen-bond acceptors (Lipinski definition) is 3. The van der Waals surface area contributed by atoms with Crippen LogP contribution in [-0.2, 0) is 0 Å². The van der Waals surface area contributed by atoms with E-state index in [1.54, 1.807) is 6.33 Å². The highest BCUT2D eigenvalue weighted by Gasteiger charge is 2.29. The molecule has 1 saturated carbocycles. The standard InChI is InChI=1S/C20H24BrN5/c21-14-6-7-17-16(12-14)18-19(24-17)20(23-13-22-18)26-10-8-25(9-11-26)15-4-2-1-3-5-15/h6-7,12-13,15,24H,1-5,8-11H2/p+1. The summed E-state index contributed by atoms with van der Waals surface area (Å²) >= 11 is 3.57. The number of H-pyrrole nitrogens is 1. The number of aromatic nitrogens is 3. The summed E-state index contributed by atoms with van der Waals surface area (Å²) in [5, 5.41) is 1.16. The van der Waals surface area contributed by atoms with Gasteiger partial charge in [0.1, 0.15) is 17.4 Å². The second-order valence-corrected chi connectivity index (χ2v) is 8.63. The van der Waals surface area contributed by atoms with Gasteiger partial charge in [-0.25, -0.2) is 9.97 Å². The number of fused-ring (bicyclic) bond motifs is 3. The normalized spacial score (nSPS) is 20.3. The zero-order chi connectivity index (χ0) is 17.5. The fourth-order valence-electron chi connectivity index (χ4n) is 4.82. The molecule has 26 heavy (non-hydrogen) atoms. The molecule has 5 nitrogen and oxygen atoms in total. The zero-order valence-corrected chi connectivity index (χ0v) is 16.6. The first-order valence-corrected chi connectivity index (χ1v) is 10.6. The first kappa shape index (κ1) is 16.5. The number of nitrogens with zero attached hydrogens (tertiary/aromatic N) is 3. The van der Waals surface area contributed by atoms with Gasteiger partial charge in [-0.2, -0.15) is 0 Å². The minimum atomic E-state index is 0.891. The van der Waals surface area contributed by atoms with Gasteiger partial charge in [0.25, 0.3) is 0 Å². The molecule has 136 valence electrons. The number of quaternary nitrogens is 1. The lowest BCUT2D eigenvalue weighted by atomic mass is 9.94. The lowest BCUT2D eigenvalue weighted by Crippen LogP contribution is -3.18. The summed E-state index contributed by atoms with van der Waals surface area (Å²) in [4.78, 5) is 17.0. The van der Waals surface area contributed by atoms with E-state index in [9.17, 15) is 0 Å². The molecule has 0 atom stereocenters. The molecular formula is C20H25BrN5+. The highest BCUT2D eigenvalue weighted by molar-refractivity contribution is 9.10. The molecular weight excluding hydrogens is 390 g/mol. The van der Waals surface area contributed by atoms with E-state index >= 15 is 0 Å². The maximum atomic E-state index is 4.65. The van der Waals surface area contributed by atoms with Crippen LogP contribution >= 0.6 is 15.9 Å². The van der Waals surface area contributed by atoms with Crippen molar-refractivity contribution in [1.29, 1.82) is 0 Å². The second kappa shape index (κ2) is 6.82. The molecule has 3 heterocycles. The molecule has 1 aliphatic carbocycles. The Morgan fingerprint density at radius 3 is 2.69 bits per heavy atom. The number of hydrogen-bond donors (Lipinski definition) is 2. The van der Waals surface area contributed by atoms with E-state index in [4.69, 9.17) is 0 Å². The van der Waals surface area contributed by atoms with E-state index in [2.05, 4.69) is 54.0 Å². The molecule has 0 unspecified atom stereocenters. The number of nitrogens with one attached hydrogen (secondary N) is 2. The fourth-order valence-corrected chi connectivity index (χ4v) is 5.18.